The van der Waals surface area contributed by atoms with Gasteiger partial charge in [0, 0.05) is 23.7 Å². The van der Waals surface area contributed by atoms with Crippen molar-refractivity contribution in [2.45, 2.75) is 37.8 Å². The third kappa shape index (κ3) is 4.60. The Morgan fingerprint density at radius 1 is 1.19 bits per heavy atom. The number of aryl methyl sites for hydroxylation is 1. The lowest BCUT2D eigenvalue weighted by Gasteiger charge is -2.34. The lowest BCUT2D eigenvalue weighted by molar-refractivity contribution is 0.0617. The number of piperidine rings is 1. The number of rotatable bonds is 4. The maximum absolute atomic E-state index is 12.9. The zero-order valence-electron chi connectivity index (χ0n) is 15.5. The van der Waals surface area contributed by atoms with Gasteiger partial charge in [0.05, 0.1) is 10.7 Å². The van der Waals surface area contributed by atoms with Crippen LogP contribution in [-0.2, 0) is 5.75 Å². The van der Waals surface area contributed by atoms with Gasteiger partial charge in [0.1, 0.15) is 5.69 Å². The Balaban J connectivity index is 1.70. The fraction of sp³-hybridized carbons (Fsp3) is 0.429. The van der Waals surface area contributed by atoms with Crippen LogP contribution in [0, 0.1) is 18.8 Å². The van der Waals surface area contributed by atoms with Crippen molar-refractivity contribution in [3.05, 3.63) is 58.4 Å². The molecule has 1 aromatic carbocycles. The molecular weight excluding hydrogens is 364 g/mol. The third-order valence-corrected chi connectivity index (χ3v) is 6.42. The second kappa shape index (κ2) is 8.45. The lowest BCUT2D eigenvalue weighted by Crippen LogP contribution is -2.42. The molecule has 1 fully saturated rings. The van der Waals surface area contributed by atoms with Gasteiger partial charge >= 0.3 is 0 Å². The summed E-state index contributed by atoms with van der Waals surface area (Å²) in [5, 5.41) is 0.793. The van der Waals surface area contributed by atoms with Gasteiger partial charge in [-0.05, 0) is 48.9 Å². The molecule has 1 aliphatic rings. The maximum Gasteiger partial charge on any atom is 0.272 e. The molecule has 138 valence electrons. The van der Waals surface area contributed by atoms with Gasteiger partial charge in [-0.25, -0.2) is 4.98 Å². The number of carbonyl (C=O) groups is 1. The molecule has 1 saturated heterocycles. The van der Waals surface area contributed by atoms with Crippen molar-refractivity contribution >= 4 is 29.3 Å². The van der Waals surface area contributed by atoms with E-state index in [0.29, 0.717) is 23.3 Å². The van der Waals surface area contributed by atoms with E-state index in [9.17, 15) is 4.79 Å². The molecule has 2 heterocycles. The van der Waals surface area contributed by atoms with Crippen LogP contribution in [-0.4, -0.2) is 28.9 Å². The van der Waals surface area contributed by atoms with Gasteiger partial charge in [0.2, 0.25) is 0 Å². The molecule has 2 unspecified atom stereocenters. The van der Waals surface area contributed by atoms with Crippen LogP contribution in [0.5, 0.6) is 0 Å². The number of halogens is 1. The Morgan fingerprint density at radius 2 is 1.88 bits per heavy atom. The highest BCUT2D eigenvalue weighted by molar-refractivity contribution is 7.98. The quantitative estimate of drug-likeness (QED) is 0.652. The van der Waals surface area contributed by atoms with Gasteiger partial charge in [0.25, 0.3) is 5.91 Å². The maximum atomic E-state index is 12.9. The number of hydrogen-bond donors (Lipinski definition) is 0. The van der Waals surface area contributed by atoms with Crippen LogP contribution >= 0.6 is 23.4 Å². The smallest absolute Gasteiger partial charge is 0.272 e. The first kappa shape index (κ1) is 19.2. The molecule has 5 heteroatoms. The first-order valence-electron chi connectivity index (χ1n) is 9.07. The van der Waals surface area contributed by atoms with Crippen LogP contribution in [0.25, 0.3) is 0 Å². The average molecular weight is 389 g/mol. The molecule has 26 heavy (non-hydrogen) atoms. The predicted octanol–water partition coefficient (Wildman–Crippen LogP) is 5.45. The molecule has 1 aliphatic heterocycles. The Labute approximate surface area is 165 Å². The first-order chi connectivity index (χ1) is 12.4. The van der Waals surface area contributed by atoms with Crippen molar-refractivity contribution < 1.29 is 4.79 Å². The molecule has 2 aromatic rings. The monoisotopic (exact) mass is 388 g/mol. The van der Waals surface area contributed by atoms with Crippen LogP contribution in [0.1, 0.15) is 42.0 Å². The van der Waals surface area contributed by atoms with E-state index >= 15 is 0 Å². The Morgan fingerprint density at radius 3 is 2.62 bits per heavy atom. The normalized spacial score (nSPS) is 20.2. The van der Waals surface area contributed by atoms with Gasteiger partial charge in [-0.1, -0.05) is 43.6 Å². The molecule has 0 N–H and O–H groups in total. The van der Waals surface area contributed by atoms with E-state index in [1.165, 1.54) is 6.42 Å². The van der Waals surface area contributed by atoms with E-state index in [0.717, 1.165) is 34.3 Å². The van der Waals surface area contributed by atoms with Gasteiger partial charge in [-0.2, -0.15) is 0 Å². The Hall–Kier alpha value is -1.52. The molecule has 0 bridgehead atoms. The minimum Gasteiger partial charge on any atom is -0.337 e. The molecule has 0 spiro atoms. The van der Waals surface area contributed by atoms with Crippen molar-refractivity contribution in [1.29, 1.82) is 0 Å². The van der Waals surface area contributed by atoms with E-state index < -0.39 is 0 Å². The molecule has 0 radical (unpaired) electrons. The second-order valence-corrected chi connectivity index (χ2v) is 8.74. The molecule has 2 atom stereocenters. The summed E-state index contributed by atoms with van der Waals surface area (Å²) in [6.07, 6.45) is 1.19. The van der Waals surface area contributed by atoms with Gasteiger partial charge in [-0.3, -0.25) is 4.79 Å². The van der Waals surface area contributed by atoms with Crippen LogP contribution in [0.3, 0.4) is 0 Å². The minimum atomic E-state index is 0.0452. The summed E-state index contributed by atoms with van der Waals surface area (Å²) in [6.45, 7) is 8.07. The predicted molar refractivity (Wildman–Crippen MR) is 109 cm³/mol. The number of hydrogen-bond acceptors (Lipinski definition) is 3. The van der Waals surface area contributed by atoms with Crippen LogP contribution in [0.15, 0.2) is 41.3 Å². The van der Waals surface area contributed by atoms with Crippen LogP contribution < -0.4 is 0 Å². The number of aromatic nitrogens is 1. The number of pyridine rings is 1. The van der Waals surface area contributed by atoms with E-state index in [1.807, 2.05) is 48.2 Å². The van der Waals surface area contributed by atoms with Crippen molar-refractivity contribution in [1.82, 2.24) is 9.88 Å². The molecule has 3 nitrogen and oxygen atoms in total. The molecular formula is C21H25ClN2OS. The fourth-order valence-electron chi connectivity index (χ4n) is 3.55. The summed E-state index contributed by atoms with van der Waals surface area (Å²) in [7, 11) is 0. The molecule has 1 aromatic heterocycles. The number of nitrogens with zero attached hydrogens (tertiary/aromatic N) is 2. The first-order valence-corrected chi connectivity index (χ1v) is 10.4. The van der Waals surface area contributed by atoms with E-state index in [4.69, 9.17) is 11.6 Å². The highest BCUT2D eigenvalue weighted by Gasteiger charge is 2.26. The largest absolute Gasteiger partial charge is 0.337 e. The number of amides is 1. The minimum absolute atomic E-state index is 0.0452. The molecule has 1 amide bonds. The van der Waals surface area contributed by atoms with Crippen molar-refractivity contribution in [3.63, 3.8) is 0 Å². The second-order valence-electron chi connectivity index (χ2n) is 7.35. The third-order valence-electron chi connectivity index (χ3n) is 4.71. The van der Waals surface area contributed by atoms with Crippen molar-refractivity contribution in [3.8, 4) is 0 Å². The van der Waals surface area contributed by atoms with Gasteiger partial charge in [-0.15, -0.1) is 11.8 Å². The van der Waals surface area contributed by atoms with E-state index in [-0.39, 0.29) is 5.91 Å². The SMILES string of the molecule is Cc1cccc(SCc2cccc(C(=O)N3CC(C)CC(C)C3)n2)c1Cl. The van der Waals surface area contributed by atoms with Gasteiger partial charge < -0.3 is 4.90 Å². The summed E-state index contributed by atoms with van der Waals surface area (Å²) in [4.78, 5) is 20.5. The zero-order chi connectivity index (χ0) is 18.7. The summed E-state index contributed by atoms with van der Waals surface area (Å²) >= 11 is 8.02. The zero-order valence-corrected chi connectivity index (χ0v) is 17.1. The van der Waals surface area contributed by atoms with Crippen molar-refractivity contribution in [2.75, 3.05) is 13.1 Å². The summed E-state index contributed by atoms with van der Waals surface area (Å²) < 4.78 is 0. The molecule has 0 saturated carbocycles. The van der Waals surface area contributed by atoms with Crippen LogP contribution in [0.4, 0.5) is 0 Å². The standard InChI is InChI=1S/C21H25ClN2OS/c1-14-10-15(2)12-24(11-14)21(25)18-8-5-7-17(23-18)13-26-19-9-4-6-16(3)20(19)22/h4-9,14-15H,10-13H2,1-3H3. The summed E-state index contributed by atoms with van der Waals surface area (Å²) in [5.41, 5.74) is 2.51. The number of likely N-dealkylation sites (tertiary alicyclic amines) is 1. The highest BCUT2D eigenvalue weighted by Crippen LogP contribution is 2.31. The Kier molecular flexibility index (Phi) is 6.25. The highest BCUT2D eigenvalue weighted by atomic mass is 35.5. The molecule has 0 aliphatic carbocycles. The fourth-order valence-corrected chi connectivity index (χ4v) is 4.77. The van der Waals surface area contributed by atoms with Gasteiger partial charge in [0.15, 0.2) is 0 Å². The average Bonchev–Trinajstić information content (AvgIpc) is 2.62. The topological polar surface area (TPSA) is 33.2 Å². The van der Waals surface area contributed by atoms with E-state index in [1.54, 1.807) is 11.8 Å². The number of benzene rings is 1. The Bertz CT molecular complexity index is 785. The molecule has 3 rings (SSSR count). The van der Waals surface area contributed by atoms with Crippen molar-refractivity contribution in [2.24, 2.45) is 11.8 Å². The number of thioether (sulfide) groups is 1. The number of carbonyl (C=O) groups excluding carboxylic acids is 1. The summed E-state index contributed by atoms with van der Waals surface area (Å²) in [5.74, 6) is 1.83. The van der Waals surface area contributed by atoms with Crippen LogP contribution in [0.2, 0.25) is 5.02 Å². The lowest BCUT2D eigenvalue weighted by atomic mass is 9.92. The van der Waals surface area contributed by atoms with E-state index in [2.05, 4.69) is 18.8 Å². The summed E-state index contributed by atoms with van der Waals surface area (Å²) in [6, 6.07) is 11.7.